The van der Waals surface area contributed by atoms with Crippen molar-refractivity contribution in [3.8, 4) is 0 Å². The standard InChI is InChI=1S/2C7H9.2C6H5.2ClH.H2Si.Ti/c2*1-6-3-4-7(2)5-6;2*1-2-4-6-5-3-1;;;;/h2*5H,3H2,1-2H3;2*1-5H;2*1H;1H2;/q4*-1;;;;. The van der Waals surface area contributed by atoms with Gasteiger partial charge in [-0.1, -0.05) is 27.7 Å². The average Bonchev–Trinajstić information content (AvgIpc) is 3.33. The minimum atomic E-state index is 0. The molecule has 0 bridgehead atoms. The molecule has 0 atom stereocenters. The predicted octanol–water partition coefficient (Wildman–Crippen LogP) is 7.07. The fraction of sp³-hybridized carbons (Fsp3) is 0.231. The van der Waals surface area contributed by atoms with Gasteiger partial charge in [0.2, 0.25) is 0 Å². The second-order valence-corrected chi connectivity index (χ2v) is 6.21. The Labute approximate surface area is 210 Å². The van der Waals surface area contributed by atoms with Gasteiger partial charge >= 0.3 is 26.8 Å². The maximum atomic E-state index is 3.19. The van der Waals surface area contributed by atoms with E-state index in [9.17, 15) is 0 Å². The zero-order chi connectivity index (χ0) is 21.0. The third-order valence-corrected chi connectivity index (χ3v) is 3.43. The Hall–Kier alpha value is -1.09. The maximum absolute atomic E-state index is 3.19. The molecule has 2 aromatic rings. The van der Waals surface area contributed by atoms with Gasteiger partial charge in [-0.3, -0.25) is 12.2 Å². The summed E-state index contributed by atoms with van der Waals surface area (Å²) < 4.78 is 0. The van der Waals surface area contributed by atoms with E-state index in [4.69, 9.17) is 0 Å². The second kappa shape index (κ2) is 24.2. The summed E-state index contributed by atoms with van der Waals surface area (Å²) in [4.78, 5) is 0. The van der Waals surface area contributed by atoms with Crippen molar-refractivity contribution in [1.29, 1.82) is 0 Å². The molecule has 4 rings (SSSR count). The predicted molar refractivity (Wildman–Crippen MR) is 135 cm³/mol. The summed E-state index contributed by atoms with van der Waals surface area (Å²) >= 11 is 2.03. The first-order valence-electron chi connectivity index (χ1n) is 9.24. The zero-order valence-electron chi connectivity index (χ0n) is 18.4. The van der Waals surface area contributed by atoms with Crippen LogP contribution in [0.3, 0.4) is 0 Å². The van der Waals surface area contributed by atoms with Crippen LogP contribution in [0.1, 0.15) is 40.5 Å². The van der Waals surface area contributed by atoms with Crippen molar-refractivity contribution in [3.05, 3.63) is 119 Å². The van der Waals surface area contributed by atoms with Gasteiger partial charge < -0.3 is 0 Å². The van der Waals surface area contributed by atoms with E-state index < -0.39 is 0 Å². The van der Waals surface area contributed by atoms with E-state index in [1.165, 1.54) is 22.3 Å². The van der Waals surface area contributed by atoms with E-state index in [0.29, 0.717) is 0 Å². The smallest absolute Gasteiger partial charge is 0.171 e. The van der Waals surface area contributed by atoms with Gasteiger partial charge in [0.25, 0.3) is 0 Å². The van der Waals surface area contributed by atoms with Gasteiger partial charge in [-0.15, -0.1) is 37.7 Å². The molecule has 0 saturated carbocycles. The minimum absolute atomic E-state index is 0. The van der Waals surface area contributed by atoms with E-state index in [1.54, 1.807) is 0 Å². The number of hydrogen-bond donors (Lipinski definition) is 0. The average molecular weight is 491 g/mol. The SMILES string of the molecule is CC1=[C-]CC(C)=C1.CC1=[C-]CC(C)=C1.Cl.Cl.[SiH2]=[Ti].[c-]1ccccc1.[c-]1ccccc1. The van der Waals surface area contributed by atoms with Crippen LogP contribution in [0.25, 0.3) is 0 Å². The first-order chi connectivity index (χ1) is 13.6. The van der Waals surface area contributed by atoms with Crippen LogP contribution < -0.4 is 0 Å². The summed E-state index contributed by atoms with van der Waals surface area (Å²) in [6, 6.07) is 25.0. The summed E-state index contributed by atoms with van der Waals surface area (Å²) in [5, 5.41) is 0. The molecule has 0 radical (unpaired) electrons. The van der Waals surface area contributed by atoms with E-state index in [1.807, 2.05) is 87.5 Å². The third kappa shape index (κ3) is 21.6. The van der Waals surface area contributed by atoms with E-state index in [-0.39, 0.29) is 24.8 Å². The third-order valence-electron chi connectivity index (χ3n) is 3.43. The Morgan fingerprint density at radius 1 is 0.600 bits per heavy atom. The first kappa shape index (κ1) is 33.5. The summed E-state index contributed by atoms with van der Waals surface area (Å²) in [6.45, 7) is 8.42. The largest absolute Gasteiger partial charge is 0.184 e. The second-order valence-electron chi connectivity index (χ2n) is 6.21. The van der Waals surface area contributed by atoms with Crippen molar-refractivity contribution in [2.24, 2.45) is 0 Å². The van der Waals surface area contributed by atoms with E-state index in [0.717, 1.165) is 12.8 Å². The van der Waals surface area contributed by atoms with Gasteiger partial charge in [0.1, 0.15) is 0 Å². The molecule has 0 aromatic heterocycles. The van der Waals surface area contributed by atoms with Crippen LogP contribution in [-0.4, -0.2) is 7.63 Å². The Bertz CT molecular complexity index is 632. The molecule has 0 aliphatic heterocycles. The molecular weight excluding hydrogens is 459 g/mol. The van der Waals surface area contributed by atoms with Gasteiger partial charge in [-0.25, -0.2) is 23.3 Å². The molecule has 0 nitrogen and oxygen atoms in total. The zero-order valence-corrected chi connectivity index (χ0v) is 23.0. The summed E-state index contributed by atoms with van der Waals surface area (Å²) in [7, 11) is 1.86. The van der Waals surface area contributed by atoms with Crippen molar-refractivity contribution < 1.29 is 19.2 Å². The molecule has 0 saturated heterocycles. The van der Waals surface area contributed by atoms with Crippen LogP contribution in [0.4, 0.5) is 0 Å². The fourth-order valence-corrected chi connectivity index (χ4v) is 2.18. The number of benzene rings is 2. The molecule has 0 amide bonds. The van der Waals surface area contributed by atoms with Crippen molar-refractivity contribution >= 4 is 32.4 Å². The van der Waals surface area contributed by atoms with Gasteiger partial charge in [-0.2, -0.15) is 83.9 Å². The Kier molecular flexibility index (Phi) is 27.0. The van der Waals surface area contributed by atoms with Crippen LogP contribution in [0.5, 0.6) is 0 Å². The Morgan fingerprint density at radius 2 is 0.900 bits per heavy atom. The van der Waals surface area contributed by atoms with Crippen LogP contribution in [0, 0.1) is 24.3 Å². The van der Waals surface area contributed by atoms with Crippen molar-refractivity contribution in [1.82, 2.24) is 0 Å². The molecule has 2 aromatic carbocycles. The summed E-state index contributed by atoms with van der Waals surface area (Å²) in [5.41, 5.74) is 5.44. The van der Waals surface area contributed by atoms with Gasteiger partial charge in [-0.05, 0) is 0 Å². The first-order valence-corrected chi connectivity index (χ1v) is 13.3. The van der Waals surface area contributed by atoms with Gasteiger partial charge in [0, 0.05) is 0 Å². The molecule has 2 aliphatic carbocycles. The molecule has 0 unspecified atom stereocenters. The number of hydrogen-bond acceptors (Lipinski definition) is 0. The molecule has 4 heteroatoms. The van der Waals surface area contributed by atoms with Gasteiger partial charge in [0.05, 0.1) is 0 Å². The van der Waals surface area contributed by atoms with Crippen molar-refractivity contribution in [3.63, 3.8) is 0 Å². The molecular formula is C26H32Cl2SiTi-4. The maximum Gasteiger partial charge on any atom is -0.171 e. The fourth-order valence-electron chi connectivity index (χ4n) is 2.18. The van der Waals surface area contributed by atoms with Crippen molar-refractivity contribution in [2.75, 3.05) is 0 Å². The Morgan fingerprint density at radius 3 is 0.967 bits per heavy atom. The molecule has 0 spiro atoms. The summed E-state index contributed by atoms with van der Waals surface area (Å²) in [6.07, 6.45) is 12.8. The molecule has 0 N–H and O–H groups in total. The van der Waals surface area contributed by atoms with Crippen LogP contribution in [0.15, 0.2) is 95.1 Å². The molecule has 0 fully saturated rings. The molecule has 30 heavy (non-hydrogen) atoms. The van der Waals surface area contributed by atoms with Gasteiger partial charge in [0.15, 0.2) is 0 Å². The van der Waals surface area contributed by atoms with Crippen LogP contribution in [-0.2, 0) is 19.2 Å². The van der Waals surface area contributed by atoms with Crippen molar-refractivity contribution in [2.45, 2.75) is 40.5 Å². The summed E-state index contributed by atoms with van der Waals surface area (Å²) in [5.74, 6) is 0. The molecule has 2 aliphatic rings. The van der Waals surface area contributed by atoms with E-state index >= 15 is 0 Å². The number of rotatable bonds is 0. The van der Waals surface area contributed by atoms with Crippen LogP contribution >= 0.6 is 24.8 Å². The number of allylic oxidation sites excluding steroid dienone is 8. The van der Waals surface area contributed by atoms with Crippen LogP contribution in [0.2, 0.25) is 0 Å². The molecule has 0 heterocycles. The van der Waals surface area contributed by atoms with E-state index in [2.05, 4.69) is 64.1 Å². The molecule has 162 valence electrons. The normalized spacial score (nSPS) is 12.2. The quantitative estimate of drug-likeness (QED) is 0.273. The minimum Gasteiger partial charge on any atom is -0.184 e. The number of halogens is 2. The Balaban J connectivity index is -0.000000309. The monoisotopic (exact) mass is 490 g/mol. The topological polar surface area (TPSA) is 0 Å².